The summed E-state index contributed by atoms with van der Waals surface area (Å²) in [6, 6.07) is 16.5. The van der Waals surface area contributed by atoms with Crippen molar-refractivity contribution in [2.24, 2.45) is 10.2 Å². The Labute approximate surface area is 159 Å². The summed E-state index contributed by atoms with van der Waals surface area (Å²) in [4.78, 5) is 0. The molecule has 0 aliphatic carbocycles. The lowest BCUT2D eigenvalue weighted by Gasteiger charge is -2.17. The first kappa shape index (κ1) is 17.3. The fourth-order valence-corrected chi connectivity index (χ4v) is 3.27. The summed E-state index contributed by atoms with van der Waals surface area (Å²) >= 11 is 0. The van der Waals surface area contributed by atoms with E-state index in [0.717, 1.165) is 53.5 Å². The number of benzene rings is 2. The van der Waals surface area contributed by atoms with Crippen LogP contribution in [0.4, 0.5) is 17.1 Å². The molecule has 0 bridgehead atoms. The Morgan fingerprint density at radius 2 is 1.56 bits per heavy atom. The molecule has 0 fully saturated rings. The zero-order valence-electron chi connectivity index (χ0n) is 16.0. The first-order chi connectivity index (χ1) is 13.1. The first-order valence-electron chi connectivity index (χ1n) is 9.37. The second kappa shape index (κ2) is 7.27. The predicted molar refractivity (Wildman–Crippen MR) is 107 cm³/mol. The number of fused-ring (bicyclic) bond motifs is 1. The van der Waals surface area contributed by atoms with E-state index in [1.54, 1.807) is 0 Å². The van der Waals surface area contributed by atoms with Gasteiger partial charge in [0.15, 0.2) is 5.69 Å². The van der Waals surface area contributed by atoms with E-state index in [-0.39, 0.29) is 0 Å². The van der Waals surface area contributed by atoms with Crippen molar-refractivity contribution in [3.05, 3.63) is 71.0 Å². The third-order valence-electron chi connectivity index (χ3n) is 4.88. The highest BCUT2D eigenvalue weighted by atomic mass is 15.3. The van der Waals surface area contributed by atoms with Gasteiger partial charge in [-0.1, -0.05) is 35.4 Å². The van der Waals surface area contributed by atoms with Crippen molar-refractivity contribution < 1.29 is 4.68 Å². The van der Waals surface area contributed by atoms with Crippen LogP contribution in [0, 0.1) is 20.8 Å². The lowest BCUT2D eigenvalue weighted by molar-refractivity contribution is -0.666. The van der Waals surface area contributed by atoms with E-state index >= 15 is 0 Å². The number of nitrogens with zero attached hydrogens (tertiary/aromatic N) is 4. The molecule has 1 aliphatic rings. The number of nitrogens with one attached hydrogen (secondary N) is 1. The third kappa shape index (κ3) is 3.58. The molecule has 1 aromatic heterocycles. The number of aromatic nitrogens is 2. The maximum atomic E-state index is 4.89. The van der Waals surface area contributed by atoms with Crippen molar-refractivity contribution in [2.45, 2.75) is 33.6 Å². The van der Waals surface area contributed by atoms with Gasteiger partial charge in [-0.3, -0.25) is 0 Å². The fourth-order valence-electron chi connectivity index (χ4n) is 3.27. The molecule has 2 aromatic carbocycles. The van der Waals surface area contributed by atoms with Gasteiger partial charge in [-0.05, 0) is 43.5 Å². The van der Waals surface area contributed by atoms with Crippen molar-refractivity contribution in [3.63, 3.8) is 0 Å². The Morgan fingerprint density at radius 1 is 0.889 bits per heavy atom. The molecular weight excluding hydrogens is 334 g/mol. The van der Waals surface area contributed by atoms with Gasteiger partial charge in [0.05, 0.1) is 11.4 Å². The molecular formula is C22H24N5+. The van der Waals surface area contributed by atoms with Crippen LogP contribution in [0.2, 0.25) is 0 Å². The van der Waals surface area contributed by atoms with Crippen LogP contribution in [-0.4, -0.2) is 11.6 Å². The molecule has 5 heteroatoms. The lowest BCUT2D eigenvalue weighted by Crippen LogP contribution is -2.40. The van der Waals surface area contributed by atoms with Gasteiger partial charge in [-0.2, -0.15) is 5.11 Å². The number of hydrogen-bond acceptors (Lipinski definition) is 4. The molecule has 0 atom stereocenters. The van der Waals surface area contributed by atoms with Gasteiger partial charge >= 0.3 is 0 Å². The third-order valence-corrected chi connectivity index (χ3v) is 4.88. The Hall–Kier alpha value is -3.08. The van der Waals surface area contributed by atoms with Crippen LogP contribution in [0.5, 0.6) is 0 Å². The molecule has 0 unspecified atom stereocenters. The number of azo groups is 1. The summed E-state index contributed by atoms with van der Waals surface area (Å²) in [5.74, 6) is 0. The molecule has 1 N–H and O–H groups in total. The standard InChI is InChI=1S/C22H23N5/c1-15-6-10-18(11-7-15)24-25-21-17(3)27(19-12-8-16(2)9-13-19)26-20-5-4-14-23-22(20)21/h6-13H,4-5,14H2,1-3H3/p+1. The molecule has 3 aromatic rings. The second-order valence-corrected chi connectivity index (χ2v) is 7.07. The zero-order valence-corrected chi connectivity index (χ0v) is 16.0. The van der Waals surface area contributed by atoms with Gasteiger partial charge in [0.25, 0.3) is 0 Å². The fraction of sp³-hybridized carbons (Fsp3) is 0.273. The van der Waals surface area contributed by atoms with E-state index in [2.05, 4.69) is 53.7 Å². The lowest BCUT2D eigenvalue weighted by atomic mass is 10.1. The van der Waals surface area contributed by atoms with E-state index in [1.807, 2.05) is 35.9 Å². The first-order valence-corrected chi connectivity index (χ1v) is 9.37. The average molecular weight is 358 g/mol. The summed E-state index contributed by atoms with van der Waals surface area (Å²) in [7, 11) is 0. The zero-order chi connectivity index (χ0) is 18.8. The van der Waals surface area contributed by atoms with E-state index < -0.39 is 0 Å². The highest BCUT2D eigenvalue weighted by Crippen LogP contribution is 2.34. The Morgan fingerprint density at radius 3 is 2.26 bits per heavy atom. The molecule has 4 rings (SSSR count). The van der Waals surface area contributed by atoms with Crippen LogP contribution in [-0.2, 0) is 6.42 Å². The minimum Gasteiger partial charge on any atom is -0.381 e. The summed E-state index contributed by atoms with van der Waals surface area (Å²) in [5.41, 5.74) is 8.23. The number of rotatable bonds is 3. The topological polar surface area (TPSA) is 53.5 Å². The maximum Gasteiger partial charge on any atom is 0.241 e. The minimum absolute atomic E-state index is 0.850. The van der Waals surface area contributed by atoms with E-state index in [9.17, 15) is 0 Å². The van der Waals surface area contributed by atoms with Gasteiger partial charge in [-0.15, -0.1) is 5.11 Å². The van der Waals surface area contributed by atoms with Crippen molar-refractivity contribution in [2.75, 3.05) is 11.9 Å². The monoisotopic (exact) mass is 358 g/mol. The molecule has 0 amide bonds. The molecule has 5 nitrogen and oxygen atoms in total. The van der Waals surface area contributed by atoms with Gasteiger partial charge < -0.3 is 5.32 Å². The van der Waals surface area contributed by atoms with Crippen LogP contribution >= 0.6 is 0 Å². The van der Waals surface area contributed by atoms with Crippen molar-refractivity contribution in [1.82, 2.24) is 5.10 Å². The molecule has 136 valence electrons. The van der Waals surface area contributed by atoms with Gasteiger partial charge in [0.2, 0.25) is 11.4 Å². The molecule has 0 saturated heterocycles. The quantitative estimate of drug-likeness (QED) is 0.526. The van der Waals surface area contributed by atoms with E-state index in [1.165, 1.54) is 11.1 Å². The van der Waals surface area contributed by atoms with Crippen LogP contribution in [0.1, 0.15) is 28.9 Å². The molecule has 0 radical (unpaired) electrons. The average Bonchev–Trinajstić information content (AvgIpc) is 2.69. The van der Waals surface area contributed by atoms with E-state index in [4.69, 9.17) is 5.10 Å². The van der Waals surface area contributed by atoms with Gasteiger partial charge in [0, 0.05) is 30.7 Å². The summed E-state index contributed by atoms with van der Waals surface area (Å²) in [6.07, 6.45) is 2.02. The molecule has 2 heterocycles. The molecule has 1 aliphatic heterocycles. The SMILES string of the molecule is Cc1ccc(N=Nc2c3c(n[n+](-c4ccc(C)cc4)c2C)CCCN3)cc1. The highest BCUT2D eigenvalue weighted by molar-refractivity contribution is 5.69. The molecule has 27 heavy (non-hydrogen) atoms. The number of aryl methyl sites for hydroxylation is 3. The van der Waals surface area contributed by atoms with Gasteiger partial charge in [0.1, 0.15) is 5.69 Å². The predicted octanol–water partition coefficient (Wildman–Crippen LogP) is 5.06. The van der Waals surface area contributed by atoms with Gasteiger partial charge in [-0.25, -0.2) is 0 Å². The summed E-state index contributed by atoms with van der Waals surface area (Å²) in [6.45, 7) is 7.15. The minimum atomic E-state index is 0.850. The summed E-state index contributed by atoms with van der Waals surface area (Å²) < 4.78 is 1.98. The van der Waals surface area contributed by atoms with Crippen LogP contribution in [0.3, 0.4) is 0 Å². The van der Waals surface area contributed by atoms with Crippen molar-refractivity contribution in [1.29, 1.82) is 0 Å². The number of hydrogen-bond donors (Lipinski definition) is 1. The van der Waals surface area contributed by atoms with Crippen molar-refractivity contribution in [3.8, 4) is 5.69 Å². The second-order valence-electron chi connectivity index (χ2n) is 7.07. The van der Waals surface area contributed by atoms with E-state index in [0.29, 0.717) is 0 Å². The Bertz CT molecular complexity index is 989. The van der Waals surface area contributed by atoms with Crippen molar-refractivity contribution >= 4 is 17.1 Å². The Balaban J connectivity index is 1.82. The van der Waals surface area contributed by atoms with Crippen LogP contribution in [0.15, 0.2) is 58.8 Å². The Kier molecular flexibility index (Phi) is 4.67. The molecule has 0 saturated carbocycles. The smallest absolute Gasteiger partial charge is 0.241 e. The molecule has 0 spiro atoms. The maximum absolute atomic E-state index is 4.89. The highest BCUT2D eigenvalue weighted by Gasteiger charge is 2.27. The normalized spacial score (nSPS) is 13.4. The number of anilines is 1. The summed E-state index contributed by atoms with van der Waals surface area (Å²) in [5, 5.41) is 17.5. The largest absolute Gasteiger partial charge is 0.381 e. The van der Waals surface area contributed by atoms with Crippen LogP contribution in [0.25, 0.3) is 5.69 Å². The van der Waals surface area contributed by atoms with Crippen LogP contribution < -0.4 is 10.00 Å².